The number of hydrogen-bond acceptors (Lipinski definition) is 3. The highest BCUT2D eigenvalue weighted by molar-refractivity contribution is 5.92. The number of ether oxygens (including phenoxy) is 1. The maximum atomic E-state index is 13.1. The van der Waals surface area contributed by atoms with Crippen LogP contribution in [0.4, 0.5) is 10.1 Å². The number of aliphatic hydroxyl groups is 1. The van der Waals surface area contributed by atoms with Crippen molar-refractivity contribution in [3.8, 4) is 5.75 Å². The summed E-state index contributed by atoms with van der Waals surface area (Å²) in [5.74, 6) is -0.594. The Morgan fingerprint density at radius 1 is 1.29 bits per heavy atom. The number of nitrogens with one attached hydrogen (secondary N) is 1. The Bertz CT molecular complexity index is 616. The zero-order valence-electron chi connectivity index (χ0n) is 11.5. The maximum Gasteiger partial charge on any atom is 0.227 e. The second-order valence-corrected chi connectivity index (χ2v) is 4.52. The Labute approximate surface area is 122 Å². The van der Waals surface area contributed by atoms with Gasteiger partial charge < -0.3 is 15.2 Å². The Morgan fingerprint density at radius 3 is 2.67 bits per heavy atom. The quantitative estimate of drug-likeness (QED) is 0.889. The van der Waals surface area contributed by atoms with Crippen LogP contribution in [0, 0.1) is 5.82 Å². The monoisotopic (exact) mass is 289 g/mol. The molecular formula is C16H16FNO3. The number of aliphatic hydroxyl groups excluding tert-OH is 1. The van der Waals surface area contributed by atoms with Crippen LogP contribution < -0.4 is 10.1 Å². The summed E-state index contributed by atoms with van der Waals surface area (Å²) in [6, 6.07) is 12.7. The molecule has 0 fully saturated rings. The molecule has 0 saturated carbocycles. The summed E-state index contributed by atoms with van der Waals surface area (Å²) >= 11 is 0. The summed E-state index contributed by atoms with van der Waals surface area (Å²) in [6.45, 7) is 0. The van der Waals surface area contributed by atoms with Gasteiger partial charge in [-0.3, -0.25) is 4.79 Å². The smallest absolute Gasteiger partial charge is 0.227 e. The van der Waals surface area contributed by atoms with E-state index in [2.05, 4.69) is 5.32 Å². The number of anilines is 1. The molecule has 0 radical (unpaired) electrons. The molecule has 2 aromatic carbocycles. The topological polar surface area (TPSA) is 58.6 Å². The predicted octanol–water partition coefficient (Wildman–Crippen LogP) is 2.90. The van der Waals surface area contributed by atoms with Gasteiger partial charge in [-0.05, 0) is 17.7 Å². The highest BCUT2D eigenvalue weighted by Crippen LogP contribution is 2.26. The number of halogens is 1. The first kappa shape index (κ1) is 15.0. The van der Waals surface area contributed by atoms with Crippen molar-refractivity contribution < 1.29 is 19.0 Å². The minimum absolute atomic E-state index is 0.0927. The molecular weight excluding hydrogens is 273 g/mol. The molecule has 1 unspecified atom stereocenters. The molecule has 2 aromatic rings. The van der Waals surface area contributed by atoms with Crippen LogP contribution in [-0.4, -0.2) is 18.1 Å². The van der Waals surface area contributed by atoms with Crippen LogP contribution in [0.15, 0.2) is 48.5 Å². The molecule has 2 rings (SSSR count). The van der Waals surface area contributed by atoms with E-state index in [1.807, 2.05) is 6.07 Å². The van der Waals surface area contributed by atoms with E-state index in [-0.39, 0.29) is 18.1 Å². The van der Waals surface area contributed by atoms with Crippen LogP contribution in [0.5, 0.6) is 5.75 Å². The molecule has 2 N–H and O–H groups in total. The number of methoxy groups -OCH3 is 1. The van der Waals surface area contributed by atoms with Gasteiger partial charge >= 0.3 is 0 Å². The third-order valence-electron chi connectivity index (χ3n) is 3.00. The van der Waals surface area contributed by atoms with Gasteiger partial charge in [-0.15, -0.1) is 0 Å². The first-order valence-electron chi connectivity index (χ1n) is 6.46. The van der Waals surface area contributed by atoms with Gasteiger partial charge in [0.15, 0.2) is 0 Å². The van der Waals surface area contributed by atoms with E-state index in [9.17, 15) is 14.3 Å². The average Bonchev–Trinajstić information content (AvgIpc) is 2.49. The number of benzene rings is 2. The van der Waals surface area contributed by atoms with Crippen molar-refractivity contribution in [2.45, 2.75) is 12.5 Å². The molecule has 0 aliphatic heterocycles. The fourth-order valence-electron chi connectivity index (χ4n) is 1.94. The molecule has 21 heavy (non-hydrogen) atoms. The second kappa shape index (κ2) is 6.85. The fraction of sp³-hybridized carbons (Fsp3) is 0.188. The number of amides is 1. The normalized spacial score (nSPS) is 11.8. The van der Waals surface area contributed by atoms with Crippen molar-refractivity contribution in [2.24, 2.45) is 0 Å². The Kier molecular flexibility index (Phi) is 4.90. The molecule has 0 saturated heterocycles. The molecule has 0 spiro atoms. The molecule has 0 aliphatic rings. The van der Waals surface area contributed by atoms with E-state index < -0.39 is 11.9 Å². The summed E-state index contributed by atoms with van der Waals surface area (Å²) in [4.78, 5) is 11.9. The van der Waals surface area contributed by atoms with Crippen LogP contribution in [0.1, 0.15) is 18.1 Å². The van der Waals surface area contributed by atoms with Crippen LogP contribution in [0.2, 0.25) is 0 Å². The first-order chi connectivity index (χ1) is 10.1. The fourth-order valence-corrected chi connectivity index (χ4v) is 1.94. The lowest BCUT2D eigenvalue weighted by molar-refractivity contribution is -0.118. The van der Waals surface area contributed by atoms with Crippen molar-refractivity contribution in [2.75, 3.05) is 12.4 Å². The van der Waals surface area contributed by atoms with E-state index >= 15 is 0 Å². The maximum absolute atomic E-state index is 13.1. The molecule has 0 heterocycles. The molecule has 1 atom stereocenters. The summed E-state index contributed by atoms with van der Waals surface area (Å²) in [5, 5.41) is 12.6. The minimum atomic E-state index is -0.891. The van der Waals surface area contributed by atoms with Crippen molar-refractivity contribution >= 4 is 11.6 Å². The first-order valence-corrected chi connectivity index (χ1v) is 6.46. The molecule has 1 amide bonds. The zero-order chi connectivity index (χ0) is 15.2. The predicted molar refractivity (Wildman–Crippen MR) is 77.6 cm³/mol. The third-order valence-corrected chi connectivity index (χ3v) is 3.00. The van der Waals surface area contributed by atoms with Gasteiger partial charge in [0.2, 0.25) is 5.91 Å². The third kappa shape index (κ3) is 4.03. The molecule has 4 nitrogen and oxygen atoms in total. The van der Waals surface area contributed by atoms with Crippen molar-refractivity contribution in [1.29, 1.82) is 0 Å². The van der Waals surface area contributed by atoms with E-state index in [1.165, 1.54) is 25.3 Å². The van der Waals surface area contributed by atoms with Crippen LogP contribution in [-0.2, 0) is 4.79 Å². The Morgan fingerprint density at radius 2 is 2.00 bits per heavy atom. The minimum Gasteiger partial charge on any atom is -0.494 e. The lowest BCUT2D eigenvalue weighted by Gasteiger charge is -2.13. The second-order valence-electron chi connectivity index (χ2n) is 4.52. The van der Waals surface area contributed by atoms with Crippen LogP contribution in [0.25, 0.3) is 0 Å². The van der Waals surface area contributed by atoms with Gasteiger partial charge in [0.05, 0.1) is 25.3 Å². The molecule has 5 heteroatoms. The standard InChI is InChI=1S/C16H16FNO3/c1-21-15-9-12(17)7-8-13(15)18-16(20)10-14(19)11-5-3-2-4-6-11/h2-9,14,19H,10H2,1H3,(H,18,20). The van der Waals surface area contributed by atoms with Gasteiger partial charge in [-0.2, -0.15) is 0 Å². The van der Waals surface area contributed by atoms with Gasteiger partial charge in [0, 0.05) is 6.07 Å². The van der Waals surface area contributed by atoms with E-state index in [4.69, 9.17) is 4.74 Å². The molecule has 0 aliphatic carbocycles. The SMILES string of the molecule is COc1cc(F)ccc1NC(=O)CC(O)c1ccccc1. The highest BCUT2D eigenvalue weighted by Gasteiger charge is 2.14. The Hall–Kier alpha value is -2.40. The summed E-state index contributed by atoms with van der Waals surface area (Å²) < 4.78 is 18.1. The molecule has 110 valence electrons. The van der Waals surface area contributed by atoms with E-state index in [1.54, 1.807) is 24.3 Å². The van der Waals surface area contributed by atoms with Gasteiger partial charge in [0.25, 0.3) is 0 Å². The van der Waals surface area contributed by atoms with Gasteiger partial charge in [-0.25, -0.2) is 4.39 Å². The van der Waals surface area contributed by atoms with E-state index in [0.717, 1.165) is 0 Å². The van der Waals surface area contributed by atoms with Crippen molar-refractivity contribution in [3.63, 3.8) is 0 Å². The summed E-state index contributed by atoms with van der Waals surface area (Å²) in [7, 11) is 1.39. The lowest BCUT2D eigenvalue weighted by atomic mass is 10.1. The average molecular weight is 289 g/mol. The largest absolute Gasteiger partial charge is 0.494 e. The van der Waals surface area contributed by atoms with Crippen LogP contribution in [0.3, 0.4) is 0 Å². The van der Waals surface area contributed by atoms with Crippen molar-refractivity contribution in [1.82, 2.24) is 0 Å². The number of carbonyl (C=O) groups is 1. The number of rotatable bonds is 5. The summed E-state index contributed by atoms with van der Waals surface area (Å²) in [5.41, 5.74) is 1.03. The highest BCUT2D eigenvalue weighted by atomic mass is 19.1. The summed E-state index contributed by atoms with van der Waals surface area (Å²) in [6.07, 6.45) is -0.984. The van der Waals surface area contributed by atoms with Crippen LogP contribution >= 0.6 is 0 Å². The van der Waals surface area contributed by atoms with Crippen molar-refractivity contribution in [3.05, 3.63) is 59.9 Å². The van der Waals surface area contributed by atoms with Gasteiger partial charge in [0.1, 0.15) is 11.6 Å². The number of hydrogen-bond donors (Lipinski definition) is 2. The van der Waals surface area contributed by atoms with Gasteiger partial charge in [-0.1, -0.05) is 30.3 Å². The van der Waals surface area contributed by atoms with E-state index in [0.29, 0.717) is 11.3 Å². The molecule has 0 bridgehead atoms. The lowest BCUT2D eigenvalue weighted by Crippen LogP contribution is -2.16. The number of carbonyl (C=O) groups excluding carboxylic acids is 1. The Balaban J connectivity index is 2.02. The molecule has 0 aromatic heterocycles. The zero-order valence-corrected chi connectivity index (χ0v) is 11.5.